The zero-order chi connectivity index (χ0) is 23.8. The fourth-order valence-electron chi connectivity index (χ4n) is 3.75. The second-order valence-corrected chi connectivity index (χ2v) is 9.97. The molecule has 0 amide bonds. The summed E-state index contributed by atoms with van der Waals surface area (Å²) in [7, 11) is -0.208. The standard InChI is InChI=1S/C23H25ClN2O5S/c1-13-11-18(20(24)14(2)22(13)32(6,28)29)21(27)19-15(3)25-26(4)23(19)31-12-16-7-9-17(30-5)10-8-16/h7-11H,12H2,1-6H3. The average molecular weight is 477 g/mol. The maximum Gasteiger partial charge on any atom is 0.223 e. The predicted octanol–water partition coefficient (Wildman–Crippen LogP) is 4.22. The number of sulfone groups is 1. The van der Waals surface area contributed by atoms with E-state index in [9.17, 15) is 13.2 Å². The lowest BCUT2D eigenvalue weighted by Gasteiger charge is -2.14. The van der Waals surface area contributed by atoms with Gasteiger partial charge in [0.1, 0.15) is 17.9 Å². The quantitative estimate of drug-likeness (QED) is 0.474. The maximum absolute atomic E-state index is 13.5. The van der Waals surface area contributed by atoms with Crippen LogP contribution in [0.5, 0.6) is 11.6 Å². The van der Waals surface area contributed by atoms with Crippen molar-refractivity contribution in [2.75, 3.05) is 13.4 Å². The van der Waals surface area contributed by atoms with Gasteiger partial charge in [-0.15, -0.1) is 0 Å². The Balaban J connectivity index is 2.01. The van der Waals surface area contributed by atoms with Gasteiger partial charge in [0.05, 0.1) is 22.7 Å². The van der Waals surface area contributed by atoms with E-state index in [1.165, 1.54) is 10.7 Å². The monoisotopic (exact) mass is 476 g/mol. The fraction of sp³-hybridized carbons (Fsp3) is 0.304. The topological polar surface area (TPSA) is 87.5 Å². The predicted molar refractivity (Wildman–Crippen MR) is 123 cm³/mol. The van der Waals surface area contributed by atoms with E-state index < -0.39 is 9.84 Å². The van der Waals surface area contributed by atoms with Gasteiger partial charge in [0.15, 0.2) is 9.84 Å². The Hall–Kier alpha value is -2.84. The van der Waals surface area contributed by atoms with Crippen LogP contribution in [-0.4, -0.2) is 37.3 Å². The molecule has 0 saturated carbocycles. The van der Waals surface area contributed by atoms with Crippen molar-refractivity contribution in [3.05, 3.63) is 68.9 Å². The third-order valence-electron chi connectivity index (χ3n) is 5.17. The van der Waals surface area contributed by atoms with E-state index in [0.717, 1.165) is 17.6 Å². The van der Waals surface area contributed by atoms with E-state index >= 15 is 0 Å². The maximum atomic E-state index is 13.5. The van der Waals surface area contributed by atoms with Gasteiger partial charge in [-0.1, -0.05) is 23.7 Å². The number of nitrogens with zero attached hydrogens (tertiary/aromatic N) is 2. The lowest BCUT2D eigenvalue weighted by molar-refractivity contribution is 0.103. The van der Waals surface area contributed by atoms with E-state index in [0.29, 0.717) is 22.7 Å². The minimum atomic E-state index is -3.50. The van der Waals surface area contributed by atoms with Crippen LogP contribution in [0.2, 0.25) is 5.02 Å². The number of benzene rings is 2. The summed E-state index contributed by atoms with van der Waals surface area (Å²) in [5.74, 6) is 0.664. The Morgan fingerprint density at radius 1 is 1.16 bits per heavy atom. The van der Waals surface area contributed by atoms with E-state index in [1.54, 1.807) is 34.9 Å². The molecule has 0 N–H and O–H groups in total. The first-order chi connectivity index (χ1) is 15.0. The van der Waals surface area contributed by atoms with Crippen molar-refractivity contribution < 1.29 is 22.7 Å². The molecule has 9 heteroatoms. The largest absolute Gasteiger partial charge is 0.497 e. The Morgan fingerprint density at radius 3 is 2.34 bits per heavy atom. The van der Waals surface area contributed by atoms with Crippen molar-refractivity contribution >= 4 is 27.2 Å². The van der Waals surface area contributed by atoms with Gasteiger partial charge in [-0.3, -0.25) is 4.79 Å². The molecule has 2 aromatic carbocycles. The highest BCUT2D eigenvalue weighted by atomic mass is 35.5. The summed E-state index contributed by atoms with van der Waals surface area (Å²) in [5.41, 5.74) is 2.68. The number of ketones is 1. The van der Waals surface area contributed by atoms with Crippen molar-refractivity contribution in [3.63, 3.8) is 0 Å². The Kier molecular flexibility index (Phi) is 6.67. The Labute approximate surface area is 192 Å². The molecule has 1 aromatic heterocycles. The summed E-state index contributed by atoms with van der Waals surface area (Å²) in [6, 6.07) is 8.91. The summed E-state index contributed by atoms with van der Waals surface area (Å²) < 4.78 is 37.0. The molecule has 1 heterocycles. The minimum Gasteiger partial charge on any atom is -0.497 e. The number of hydrogen-bond acceptors (Lipinski definition) is 6. The number of hydrogen-bond donors (Lipinski definition) is 0. The molecule has 0 aliphatic heterocycles. The van der Waals surface area contributed by atoms with Gasteiger partial charge >= 0.3 is 0 Å². The van der Waals surface area contributed by atoms with Crippen LogP contribution >= 0.6 is 11.6 Å². The second-order valence-electron chi connectivity index (χ2n) is 7.64. The van der Waals surface area contributed by atoms with Crippen LogP contribution in [0.15, 0.2) is 35.2 Å². The van der Waals surface area contributed by atoms with Crippen LogP contribution in [-0.2, 0) is 23.5 Å². The van der Waals surface area contributed by atoms with Gasteiger partial charge in [0, 0.05) is 18.9 Å². The Bertz CT molecular complexity index is 1300. The van der Waals surface area contributed by atoms with Crippen molar-refractivity contribution in [2.24, 2.45) is 7.05 Å². The SMILES string of the molecule is COc1ccc(COc2c(C(=O)c3cc(C)c(S(C)(=O)=O)c(C)c3Cl)c(C)nn2C)cc1. The van der Waals surface area contributed by atoms with Crippen molar-refractivity contribution in [1.82, 2.24) is 9.78 Å². The van der Waals surface area contributed by atoms with Gasteiger partial charge in [-0.25, -0.2) is 13.1 Å². The van der Waals surface area contributed by atoms with Crippen molar-refractivity contribution in [2.45, 2.75) is 32.3 Å². The van der Waals surface area contributed by atoms with Crippen molar-refractivity contribution in [1.29, 1.82) is 0 Å². The lowest BCUT2D eigenvalue weighted by atomic mass is 9.99. The molecule has 0 unspecified atom stereocenters. The first-order valence-electron chi connectivity index (χ1n) is 9.79. The minimum absolute atomic E-state index is 0.102. The first-order valence-corrected chi connectivity index (χ1v) is 12.1. The summed E-state index contributed by atoms with van der Waals surface area (Å²) in [5, 5.41) is 4.44. The molecule has 0 bridgehead atoms. The van der Waals surface area contributed by atoms with Crippen LogP contribution in [0.3, 0.4) is 0 Å². The summed E-state index contributed by atoms with van der Waals surface area (Å²) in [4.78, 5) is 13.6. The molecule has 0 aliphatic rings. The van der Waals surface area contributed by atoms with Crippen LogP contribution in [0.25, 0.3) is 0 Å². The smallest absolute Gasteiger partial charge is 0.223 e. The number of rotatable bonds is 7. The molecule has 0 saturated heterocycles. The molecule has 7 nitrogen and oxygen atoms in total. The number of methoxy groups -OCH3 is 1. The van der Waals surface area contributed by atoms with E-state index in [1.807, 2.05) is 24.3 Å². The number of carbonyl (C=O) groups is 1. The first kappa shape index (κ1) is 23.8. The summed E-state index contributed by atoms with van der Waals surface area (Å²) in [6.45, 7) is 5.18. The fourth-order valence-corrected chi connectivity index (χ4v) is 5.34. The summed E-state index contributed by atoms with van der Waals surface area (Å²) in [6.07, 6.45) is 1.12. The van der Waals surface area contributed by atoms with Crippen LogP contribution in [0, 0.1) is 20.8 Å². The van der Waals surface area contributed by atoms with Gasteiger partial charge in [-0.05, 0) is 55.7 Å². The molecule has 0 fully saturated rings. The summed E-state index contributed by atoms with van der Waals surface area (Å²) >= 11 is 6.47. The van der Waals surface area contributed by atoms with E-state index in [2.05, 4.69) is 5.10 Å². The third kappa shape index (κ3) is 4.52. The van der Waals surface area contributed by atoms with Crippen LogP contribution in [0.4, 0.5) is 0 Å². The van der Waals surface area contributed by atoms with Crippen LogP contribution in [0.1, 0.15) is 38.3 Å². The molecule has 0 radical (unpaired) electrons. The van der Waals surface area contributed by atoms with Gasteiger partial charge in [-0.2, -0.15) is 5.10 Å². The number of aryl methyl sites for hydroxylation is 3. The lowest BCUT2D eigenvalue weighted by Crippen LogP contribution is -2.11. The molecule has 32 heavy (non-hydrogen) atoms. The van der Waals surface area contributed by atoms with Gasteiger partial charge in [0.2, 0.25) is 11.7 Å². The molecule has 3 aromatic rings. The zero-order valence-corrected chi connectivity index (χ0v) is 20.4. The number of ether oxygens (including phenoxy) is 2. The third-order valence-corrected chi connectivity index (χ3v) is 7.03. The van der Waals surface area contributed by atoms with Gasteiger partial charge < -0.3 is 9.47 Å². The van der Waals surface area contributed by atoms with Crippen LogP contribution < -0.4 is 9.47 Å². The van der Waals surface area contributed by atoms with E-state index in [4.69, 9.17) is 21.1 Å². The average Bonchev–Trinajstić information content (AvgIpc) is 3.00. The highest BCUT2D eigenvalue weighted by Crippen LogP contribution is 2.34. The zero-order valence-electron chi connectivity index (χ0n) is 18.8. The molecule has 170 valence electrons. The van der Waals surface area contributed by atoms with Crippen molar-refractivity contribution in [3.8, 4) is 11.6 Å². The number of carbonyl (C=O) groups excluding carboxylic acids is 1. The molecule has 3 rings (SSSR count). The number of halogens is 1. The highest BCUT2D eigenvalue weighted by Gasteiger charge is 2.28. The highest BCUT2D eigenvalue weighted by molar-refractivity contribution is 7.90. The molecular formula is C23H25ClN2O5S. The van der Waals surface area contributed by atoms with Gasteiger partial charge in [0.25, 0.3) is 0 Å². The van der Waals surface area contributed by atoms with E-state index in [-0.39, 0.29) is 33.4 Å². The number of aromatic nitrogens is 2. The molecule has 0 aliphatic carbocycles. The Morgan fingerprint density at radius 2 is 1.78 bits per heavy atom. The second kappa shape index (κ2) is 8.96. The molecular weight excluding hydrogens is 452 g/mol. The molecule has 0 spiro atoms. The normalized spacial score (nSPS) is 11.5. The molecule has 0 atom stereocenters.